The molecule has 0 N–H and O–H groups in total. The largest absolute Gasteiger partial charge is 0.490 e. The third-order valence-electron chi connectivity index (χ3n) is 4.45. The second-order valence-corrected chi connectivity index (χ2v) is 6.62. The molecule has 0 amide bonds. The topological polar surface area (TPSA) is 57.1 Å². The van der Waals surface area contributed by atoms with Crippen molar-refractivity contribution in [2.75, 3.05) is 6.61 Å². The van der Waals surface area contributed by atoms with Crippen LogP contribution in [0.5, 0.6) is 11.5 Å². The van der Waals surface area contributed by atoms with Crippen LogP contribution in [0.25, 0.3) is 6.08 Å². The summed E-state index contributed by atoms with van der Waals surface area (Å²) < 4.78 is 17.0. The summed E-state index contributed by atoms with van der Waals surface area (Å²) >= 11 is 0. The van der Waals surface area contributed by atoms with Crippen molar-refractivity contribution >= 4 is 17.9 Å². The van der Waals surface area contributed by atoms with Crippen molar-refractivity contribution in [1.29, 1.82) is 0 Å². The van der Waals surface area contributed by atoms with Gasteiger partial charge in [0.05, 0.1) is 6.61 Å². The Bertz CT molecular complexity index is 1090. The van der Waals surface area contributed by atoms with E-state index in [0.29, 0.717) is 30.6 Å². The number of carbonyl (C=O) groups is 1. The van der Waals surface area contributed by atoms with Gasteiger partial charge in [-0.05, 0) is 48.4 Å². The second kappa shape index (κ2) is 9.09. The average molecular weight is 399 g/mol. The molecule has 4 rings (SSSR count). The van der Waals surface area contributed by atoms with Crippen LogP contribution < -0.4 is 9.47 Å². The van der Waals surface area contributed by atoms with Crippen LogP contribution in [0.4, 0.5) is 0 Å². The van der Waals surface area contributed by atoms with Gasteiger partial charge < -0.3 is 14.2 Å². The highest BCUT2D eigenvalue weighted by Gasteiger charge is 2.24. The zero-order valence-electron chi connectivity index (χ0n) is 16.6. The molecule has 1 heterocycles. The van der Waals surface area contributed by atoms with Crippen LogP contribution in [0, 0.1) is 0 Å². The number of esters is 1. The maximum absolute atomic E-state index is 12.2. The Morgan fingerprint density at radius 3 is 2.37 bits per heavy atom. The van der Waals surface area contributed by atoms with Crippen LogP contribution >= 0.6 is 0 Å². The minimum Gasteiger partial charge on any atom is -0.490 e. The fourth-order valence-electron chi connectivity index (χ4n) is 3.01. The van der Waals surface area contributed by atoms with Crippen LogP contribution in [-0.4, -0.2) is 18.5 Å². The van der Waals surface area contributed by atoms with Gasteiger partial charge in [0.2, 0.25) is 5.90 Å². The summed E-state index contributed by atoms with van der Waals surface area (Å²) in [5, 5.41) is 0. The first-order valence-corrected chi connectivity index (χ1v) is 9.74. The molecule has 3 aromatic carbocycles. The van der Waals surface area contributed by atoms with Gasteiger partial charge in [0.25, 0.3) is 0 Å². The normalized spacial score (nSPS) is 14.4. The number of cyclic esters (lactones) is 1. The number of ether oxygens (including phenoxy) is 3. The lowest BCUT2D eigenvalue weighted by Gasteiger charge is -2.12. The molecule has 5 nitrogen and oxygen atoms in total. The Morgan fingerprint density at radius 1 is 0.900 bits per heavy atom. The van der Waals surface area contributed by atoms with Crippen molar-refractivity contribution in [2.24, 2.45) is 4.99 Å². The number of rotatable bonds is 7. The molecular weight excluding hydrogens is 378 g/mol. The van der Waals surface area contributed by atoms with Crippen molar-refractivity contribution in [3.8, 4) is 11.5 Å². The summed E-state index contributed by atoms with van der Waals surface area (Å²) in [4.78, 5) is 16.6. The van der Waals surface area contributed by atoms with Crippen molar-refractivity contribution in [2.45, 2.75) is 13.5 Å². The van der Waals surface area contributed by atoms with E-state index < -0.39 is 5.97 Å². The maximum atomic E-state index is 12.2. The third kappa shape index (κ3) is 4.58. The standard InChI is InChI=1S/C25H21NO4/c1-2-28-23-16-19(13-14-22(23)29-17-18-9-5-3-6-10-18)15-21-25(27)30-24(26-21)20-11-7-4-8-12-20/h3-16H,2,17H2,1H3/b21-15-. The summed E-state index contributed by atoms with van der Waals surface area (Å²) in [5.74, 6) is 1.09. The van der Waals surface area contributed by atoms with Crippen molar-refractivity contribution in [1.82, 2.24) is 0 Å². The van der Waals surface area contributed by atoms with Gasteiger partial charge in [0, 0.05) is 5.56 Å². The predicted octanol–water partition coefficient (Wildman–Crippen LogP) is 5.01. The Hall–Kier alpha value is -3.86. The average Bonchev–Trinajstić information content (AvgIpc) is 3.15. The molecule has 1 aliphatic rings. The molecular formula is C25H21NO4. The lowest BCUT2D eigenvalue weighted by molar-refractivity contribution is -0.129. The highest BCUT2D eigenvalue weighted by molar-refractivity contribution is 6.12. The lowest BCUT2D eigenvalue weighted by Crippen LogP contribution is -2.05. The first-order valence-electron chi connectivity index (χ1n) is 9.74. The van der Waals surface area contributed by atoms with Crippen LogP contribution in [0.15, 0.2) is 89.6 Å². The van der Waals surface area contributed by atoms with Gasteiger partial charge >= 0.3 is 5.97 Å². The number of benzene rings is 3. The minimum atomic E-state index is -0.476. The molecule has 0 bridgehead atoms. The molecule has 1 aliphatic heterocycles. The van der Waals surface area contributed by atoms with Crippen molar-refractivity contribution in [3.05, 3.63) is 101 Å². The summed E-state index contributed by atoms with van der Waals surface area (Å²) in [6.45, 7) is 2.86. The molecule has 0 radical (unpaired) electrons. The molecule has 30 heavy (non-hydrogen) atoms. The van der Waals surface area contributed by atoms with E-state index in [0.717, 1.165) is 16.7 Å². The molecule has 0 aromatic heterocycles. The molecule has 0 unspecified atom stereocenters. The van der Waals surface area contributed by atoms with E-state index in [2.05, 4.69) is 4.99 Å². The van der Waals surface area contributed by atoms with Crippen LogP contribution in [0.2, 0.25) is 0 Å². The quantitative estimate of drug-likeness (QED) is 0.414. The summed E-state index contributed by atoms with van der Waals surface area (Å²) in [7, 11) is 0. The molecule has 0 saturated carbocycles. The molecule has 150 valence electrons. The summed E-state index contributed by atoms with van der Waals surface area (Å²) in [5.41, 5.74) is 2.85. The maximum Gasteiger partial charge on any atom is 0.363 e. The van der Waals surface area contributed by atoms with Crippen LogP contribution in [-0.2, 0) is 16.1 Å². The van der Waals surface area contributed by atoms with E-state index in [1.54, 1.807) is 6.08 Å². The highest BCUT2D eigenvalue weighted by Crippen LogP contribution is 2.31. The Balaban J connectivity index is 1.56. The molecule has 0 saturated heterocycles. The second-order valence-electron chi connectivity index (χ2n) is 6.62. The van der Waals surface area contributed by atoms with Gasteiger partial charge in [-0.3, -0.25) is 0 Å². The van der Waals surface area contributed by atoms with Crippen molar-refractivity contribution < 1.29 is 19.0 Å². The van der Waals surface area contributed by atoms with Gasteiger partial charge in [0.15, 0.2) is 17.2 Å². The van der Waals surface area contributed by atoms with E-state index in [1.807, 2.05) is 85.8 Å². The van der Waals surface area contributed by atoms with Gasteiger partial charge in [-0.25, -0.2) is 9.79 Å². The zero-order chi connectivity index (χ0) is 20.8. The van der Waals surface area contributed by atoms with Crippen LogP contribution in [0.1, 0.15) is 23.6 Å². The first kappa shape index (κ1) is 19.5. The summed E-state index contributed by atoms with van der Waals surface area (Å²) in [6, 6.07) is 24.8. The van der Waals surface area contributed by atoms with Crippen molar-refractivity contribution in [3.63, 3.8) is 0 Å². The monoisotopic (exact) mass is 399 g/mol. The third-order valence-corrected chi connectivity index (χ3v) is 4.45. The molecule has 5 heteroatoms. The van der Waals surface area contributed by atoms with Gasteiger partial charge in [-0.15, -0.1) is 0 Å². The van der Waals surface area contributed by atoms with E-state index in [4.69, 9.17) is 14.2 Å². The fourth-order valence-corrected chi connectivity index (χ4v) is 3.01. The van der Waals surface area contributed by atoms with E-state index in [-0.39, 0.29) is 5.70 Å². The Labute approximate surface area is 175 Å². The highest BCUT2D eigenvalue weighted by atomic mass is 16.6. The number of hydrogen-bond acceptors (Lipinski definition) is 5. The smallest absolute Gasteiger partial charge is 0.363 e. The van der Waals surface area contributed by atoms with E-state index in [9.17, 15) is 4.79 Å². The number of aliphatic imine (C=N–C) groups is 1. The Kier molecular flexibility index (Phi) is 5.90. The SMILES string of the molecule is CCOc1cc(/C=C2\N=C(c3ccccc3)OC2=O)ccc1OCc1ccccc1. The summed E-state index contributed by atoms with van der Waals surface area (Å²) in [6.07, 6.45) is 1.68. The van der Waals surface area contributed by atoms with Gasteiger partial charge in [-0.1, -0.05) is 54.6 Å². The number of carbonyl (C=O) groups excluding carboxylic acids is 1. The number of hydrogen-bond donors (Lipinski definition) is 0. The molecule has 0 spiro atoms. The molecule has 0 atom stereocenters. The predicted molar refractivity (Wildman–Crippen MR) is 115 cm³/mol. The van der Waals surface area contributed by atoms with E-state index in [1.165, 1.54) is 0 Å². The fraction of sp³-hybridized carbons (Fsp3) is 0.120. The van der Waals surface area contributed by atoms with E-state index >= 15 is 0 Å². The lowest BCUT2D eigenvalue weighted by atomic mass is 10.1. The first-order chi connectivity index (χ1) is 14.7. The zero-order valence-corrected chi connectivity index (χ0v) is 16.6. The van der Waals surface area contributed by atoms with Gasteiger partial charge in [0.1, 0.15) is 6.61 Å². The minimum absolute atomic E-state index is 0.245. The number of nitrogens with zero attached hydrogens (tertiary/aromatic N) is 1. The van der Waals surface area contributed by atoms with Crippen LogP contribution in [0.3, 0.4) is 0 Å². The molecule has 3 aromatic rings. The molecule has 0 fully saturated rings. The molecule has 0 aliphatic carbocycles. The Morgan fingerprint density at radius 2 is 1.63 bits per heavy atom. The van der Waals surface area contributed by atoms with Gasteiger partial charge in [-0.2, -0.15) is 0 Å².